The van der Waals surface area contributed by atoms with Crippen molar-refractivity contribution >= 4 is 23.4 Å². The Kier molecular flexibility index (Phi) is 5.51. The maximum absolute atomic E-state index is 5.97. The number of thioether (sulfide) groups is 1. The fourth-order valence-corrected chi connectivity index (χ4v) is 2.72. The highest BCUT2D eigenvalue weighted by Gasteiger charge is 2.13. The van der Waals surface area contributed by atoms with Gasteiger partial charge in [-0.25, -0.2) is 0 Å². The molecule has 1 aromatic rings. The Hall–Kier alpha value is -0.180. The van der Waals surface area contributed by atoms with Gasteiger partial charge in [-0.2, -0.15) is 0 Å². The summed E-state index contributed by atoms with van der Waals surface area (Å²) >= 11 is 7.89. The van der Waals surface area contributed by atoms with Crippen LogP contribution in [0.5, 0.6) is 0 Å². The van der Waals surface area contributed by atoms with E-state index in [0.29, 0.717) is 17.0 Å². The molecular weight excluding hydrogens is 226 g/mol. The summed E-state index contributed by atoms with van der Waals surface area (Å²) in [6.07, 6.45) is 1.17. The fraction of sp³-hybridized carbons (Fsp3) is 0.500. The fourth-order valence-electron chi connectivity index (χ4n) is 1.35. The first kappa shape index (κ1) is 12.9. The van der Waals surface area contributed by atoms with Gasteiger partial charge in [0.05, 0.1) is 0 Å². The molecule has 0 amide bonds. The largest absolute Gasteiger partial charge is 0.329 e. The van der Waals surface area contributed by atoms with Gasteiger partial charge in [-0.15, -0.1) is 11.8 Å². The van der Waals surface area contributed by atoms with Crippen molar-refractivity contribution in [1.82, 2.24) is 0 Å². The molecule has 0 aliphatic heterocycles. The highest BCUT2D eigenvalue weighted by Crippen LogP contribution is 2.33. The Morgan fingerprint density at radius 2 is 2.20 bits per heavy atom. The molecule has 0 saturated heterocycles. The molecule has 2 N–H and O–H groups in total. The van der Waals surface area contributed by atoms with E-state index in [2.05, 4.69) is 19.9 Å². The van der Waals surface area contributed by atoms with Gasteiger partial charge in [0.2, 0.25) is 0 Å². The van der Waals surface area contributed by atoms with E-state index in [9.17, 15) is 0 Å². The molecule has 0 bridgehead atoms. The first-order valence-corrected chi connectivity index (χ1v) is 6.60. The predicted octanol–water partition coefficient (Wildman–Crippen LogP) is 3.87. The lowest BCUT2D eigenvalue weighted by Gasteiger charge is -2.18. The number of benzene rings is 1. The van der Waals surface area contributed by atoms with Crippen molar-refractivity contribution in [2.45, 2.75) is 30.8 Å². The van der Waals surface area contributed by atoms with E-state index < -0.39 is 0 Å². The molecule has 0 fully saturated rings. The van der Waals surface area contributed by atoms with E-state index in [1.54, 1.807) is 0 Å². The summed E-state index contributed by atoms with van der Waals surface area (Å²) in [6.45, 7) is 5.09. The molecule has 0 heterocycles. The van der Waals surface area contributed by atoms with Gasteiger partial charge in [0.15, 0.2) is 0 Å². The Balaban J connectivity index is 2.73. The van der Waals surface area contributed by atoms with Crippen LogP contribution < -0.4 is 5.73 Å². The average Bonchev–Trinajstić information content (AvgIpc) is 2.25. The molecule has 0 saturated carbocycles. The molecule has 0 aliphatic rings. The number of hydrogen-bond acceptors (Lipinski definition) is 2. The van der Waals surface area contributed by atoms with Crippen LogP contribution in [0.4, 0.5) is 0 Å². The summed E-state index contributed by atoms with van der Waals surface area (Å²) < 4.78 is 0. The van der Waals surface area contributed by atoms with E-state index in [4.69, 9.17) is 17.3 Å². The molecule has 15 heavy (non-hydrogen) atoms. The quantitative estimate of drug-likeness (QED) is 0.850. The predicted molar refractivity (Wildman–Crippen MR) is 70.6 cm³/mol. The molecule has 1 rings (SSSR count). The van der Waals surface area contributed by atoms with Gasteiger partial charge in [0, 0.05) is 22.1 Å². The lowest BCUT2D eigenvalue weighted by Crippen LogP contribution is -2.12. The summed E-state index contributed by atoms with van der Waals surface area (Å²) in [5, 5.41) is 1.78. The maximum Gasteiger partial charge on any atom is 0.0422 e. The van der Waals surface area contributed by atoms with Gasteiger partial charge in [-0.1, -0.05) is 37.6 Å². The third-order valence-electron chi connectivity index (χ3n) is 2.41. The zero-order chi connectivity index (χ0) is 11.3. The molecule has 0 aliphatic carbocycles. The van der Waals surface area contributed by atoms with Crippen molar-refractivity contribution < 1.29 is 0 Å². The second-order valence-corrected chi connectivity index (χ2v) is 5.72. The van der Waals surface area contributed by atoms with Gasteiger partial charge in [0.1, 0.15) is 0 Å². The van der Waals surface area contributed by atoms with Crippen molar-refractivity contribution in [1.29, 1.82) is 0 Å². The molecule has 2 unspecified atom stereocenters. The lowest BCUT2D eigenvalue weighted by atomic mass is 10.1. The monoisotopic (exact) mass is 243 g/mol. The summed E-state index contributed by atoms with van der Waals surface area (Å²) in [6, 6.07) is 7.98. The highest BCUT2D eigenvalue weighted by molar-refractivity contribution is 8.00. The molecular formula is C12H18ClNS. The number of rotatable bonds is 5. The summed E-state index contributed by atoms with van der Waals surface area (Å²) in [5.74, 6) is 0. The van der Waals surface area contributed by atoms with Crippen LogP contribution in [-0.2, 0) is 0 Å². The van der Waals surface area contributed by atoms with Crippen molar-refractivity contribution in [3.8, 4) is 0 Å². The van der Waals surface area contributed by atoms with Gasteiger partial charge in [-0.05, 0) is 24.1 Å². The molecule has 2 atom stereocenters. The topological polar surface area (TPSA) is 26.0 Å². The Morgan fingerprint density at radius 1 is 1.47 bits per heavy atom. The van der Waals surface area contributed by atoms with E-state index in [0.717, 1.165) is 5.02 Å². The molecule has 84 valence electrons. The van der Waals surface area contributed by atoms with Gasteiger partial charge >= 0.3 is 0 Å². The third-order valence-corrected chi connectivity index (χ3v) is 4.23. The zero-order valence-corrected chi connectivity index (χ0v) is 10.8. The van der Waals surface area contributed by atoms with Gasteiger partial charge < -0.3 is 5.73 Å². The van der Waals surface area contributed by atoms with Crippen LogP contribution in [0.15, 0.2) is 24.3 Å². The smallest absolute Gasteiger partial charge is 0.0422 e. The SMILES string of the molecule is CCC(C)SC(CN)c1cccc(Cl)c1. The molecule has 0 aromatic heterocycles. The summed E-state index contributed by atoms with van der Waals surface area (Å²) in [4.78, 5) is 0. The van der Waals surface area contributed by atoms with E-state index in [-0.39, 0.29) is 0 Å². The number of hydrogen-bond donors (Lipinski definition) is 1. The zero-order valence-electron chi connectivity index (χ0n) is 9.24. The van der Waals surface area contributed by atoms with Crippen LogP contribution in [0.25, 0.3) is 0 Å². The van der Waals surface area contributed by atoms with E-state index >= 15 is 0 Å². The third kappa shape index (κ3) is 4.06. The lowest BCUT2D eigenvalue weighted by molar-refractivity contribution is 0.874. The Bertz CT molecular complexity index is 303. The Morgan fingerprint density at radius 3 is 2.73 bits per heavy atom. The minimum Gasteiger partial charge on any atom is -0.329 e. The Labute approximate surface area is 101 Å². The molecule has 1 nitrogen and oxygen atoms in total. The summed E-state index contributed by atoms with van der Waals surface area (Å²) in [5.41, 5.74) is 7.03. The average molecular weight is 244 g/mol. The van der Waals surface area contributed by atoms with Crippen LogP contribution in [-0.4, -0.2) is 11.8 Å². The summed E-state index contributed by atoms with van der Waals surface area (Å²) in [7, 11) is 0. The van der Waals surface area contributed by atoms with Crippen LogP contribution in [0.1, 0.15) is 31.1 Å². The van der Waals surface area contributed by atoms with Crippen LogP contribution in [0, 0.1) is 0 Å². The van der Waals surface area contributed by atoms with E-state index in [1.807, 2.05) is 30.0 Å². The second kappa shape index (κ2) is 6.41. The van der Waals surface area contributed by atoms with E-state index in [1.165, 1.54) is 12.0 Å². The molecule has 0 spiro atoms. The van der Waals surface area contributed by atoms with Crippen molar-refractivity contribution in [2.75, 3.05) is 6.54 Å². The number of nitrogens with two attached hydrogens (primary N) is 1. The molecule has 3 heteroatoms. The minimum absolute atomic E-state index is 0.360. The maximum atomic E-state index is 5.97. The van der Waals surface area contributed by atoms with Crippen LogP contribution >= 0.6 is 23.4 Å². The van der Waals surface area contributed by atoms with Crippen molar-refractivity contribution in [3.63, 3.8) is 0 Å². The van der Waals surface area contributed by atoms with Gasteiger partial charge in [0.25, 0.3) is 0 Å². The van der Waals surface area contributed by atoms with Crippen molar-refractivity contribution in [2.24, 2.45) is 5.73 Å². The second-order valence-electron chi connectivity index (χ2n) is 3.63. The first-order valence-electron chi connectivity index (χ1n) is 5.28. The standard InChI is InChI=1S/C12H18ClNS/c1-3-9(2)15-12(8-14)10-5-4-6-11(13)7-10/h4-7,9,12H,3,8,14H2,1-2H3. The van der Waals surface area contributed by atoms with Crippen molar-refractivity contribution in [3.05, 3.63) is 34.9 Å². The van der Waals surface area contributed by atoms with Crippen LogP contribution in [0.2, 0.25) is 5.02 Å². The normalized spacial score (nSPS) is 14.9. The van der Waals surface area contributed by atoms with Crippen LogP contribution in [0.3, 0.4) is 0 Å². The number of halogens is 1. The molecule has 0 radical (unpaired) electrons. The minimum atomic E-state index is 0.360. The highest BCUT2D eigenvalue weighted by atomic mass is 35.5. The molecule has 1 aromatic carbocycles. The first-order chi connectivity index (χ1) is 7.17. The van der Waals surface area contributed by atoms with Gasteiger partial charge in [-0.3, -0.25) is 0 Å².